The van der Waals surface area contributed by atoms with E-state index in [2.05, 4.69) is 31.2 Å². The van der Waals surface area contributed by atoms with Gasteiger partial charge in [0.25, 0.3) is 0 Å². The zero-order valence-corrected chi connectivity index (χ0v) is 17.3. The Morgan fingerprint density at radius 3 is 1.80 bits per heavy atom. The quantitative estimate of drug-likeness (QED) is 0.203. The van der Waals surface area contributed by atoms with E-state index >= 15 is 0 Å². The molecule has 0 aromatic carbocycles. The van der Waals surface area contributed by atoms with Gasteiger partial charge in [0.2, 0.25) is 5.91 Å². The summed E-state index contributed by atoms with van der Waals surface area (Å²) in [5, 5.41) is 0. The van der Waals surface area contributed by atoms with Gasteiger partial charge < -0.3 is 4.90 Å². The van der Waals surface area contributed by atoms with Crippen LogP contribution < -0.4 is 0 Å². The van der Waals surface area contributed by atoms with Gasteiger partial charge in [0.05, 0.1) is 0 Å². The Balaban J connectivity index is 3.25. The van der Waals surface area contributed by atoms with Crippen LogP contribution >= 0.6 is 0 Å². The maximum atomic E-state index is 11.6. The van der Waals surface area contributed by atoms with E-state index in [1.165, 1.54) is 70.6 Å². The molecule has 0 N–H and O–H groups in total. The number of nitrogens with zero attached hydrogens (tertiary/aromatic N) is 1. The number of hydrogen-bond acceptors (Lipinski definition) is 1. The standard InChI is InChI=1S/C23H43NO/c1-4-6-7-8-9-10-11-12-13-14-15-16-17-18-19-20-21-22-23(25)24(3)5-2/h9-10,12-13H,4-8,11,14-22H2,1-3H3/b10-9-,13-12-. The molecule has 0 atom stereocenters. The van der Waals surface area contributed by atoms with Gasteiger partial charge in [-0.1, -0.05) is 76.2 Å². The molecule has 1 amide bonds. The van der Waals surface area contributed by atoms with Gasteiger partial charge in [0, 0.05) is 20.0 Å². The van der Waals surface area contributed by atoms with Crippen LogP contribution in [0.2, 0.25) is 0 Å². The Bertz CT molecular complexity index is 346. The van der Waals surface area contributed by atoms with Crippen molar-refractivity contribution < 1.29 is 4.79 Å². The van der Waals surface area contributed by atoms with Crippen LogP contribution in [-0.4, -0.2) is 24.4 Å². The van der Waals surface area contributed by atoms with Crippen molar-refractivity contribution in [1.82, 2.24) is 4.90 Å². The highest BCUT2D eigenvalue weighted by Crippen LogP contribution is 2.10. The molecule has 0 saturated carbocycles. The second kappa shape index (κ2) is 19.3. The molecule has 0 rings (SSSR count). The summed E-state index contributed by atoms with van der Waals surface area (Å²) in [4.78, 5) is 13.5. The molecule has 0 spiro atoms. The Morgan fingerprint density at radius 1 is 0.720 bits per heavy atom. The fourth-order valence-corrected chi connectivity index (χ4v) is 2.81. The minimum atomic E-state index is 0.296. The zero-order valence-electron chi connectivity index (χ0n) is 17.3. The molecule has 0 radical (unpaired) electrons. The van der Waals surface area contributed by atoms with Crippen LogP contribution in [0.3, 0.4) is 0 Å². The molecule has 0 aromatic rings. The van der Waals surface area contributed by atoms with Gasteiger partial charge in [-0.15, -0.1) is 0 Å². The average molecular weight is 350 g/mol. The van der Waals surface area contributed by atoms with E-state index in [4.69, 9.17) is 0 Å². The summed E-state index contributed by atoms with van der Waals surface area (Å²) in [7, 11) is 1.89. The fourth-order valence-electron chi connectivity index (χ4n) is 2.81. The van der Waals surface area contributed by atoms with Crippen molar-refractivity contribution in [2.24, 2.45) is 0 Å². The van der Waals surface area contributed by atoms with Crippen LogP contribution in [0.1, 0.15) is 104 Å². The molecule has 0 saturated heterocycles. The van der Waals surface area contributed by atoms with Gasteiger partial charge in [-0.05, 0) is 45.4 Å². The molecule has 146 valence electrons. The van der Waals surface area contributed by atoms with Crippen molar-refractivity contribution in [1.29, 1.82) is 0 Å². The first-order valence-electron chi connectivity index (χ1n) is 10.8. The summed E-state index contributed by atoms with van der Waals surface area (Å²) in [6.07, 6.45) is 26.4. The molecule has 0 aliphatic heterocycles. The van der Waals surface area contributed by atoms with Gasteiger partial charge in [0.15, 0.2) is 0 Å². The fraction of sp³-hybridized carbons (Fsp3) is 0.783. The van der Waals surface area contributed by atoms with E-state index in [-0.39, 0.29) is 0 Å². The molecule has 0 fully saturated rings. The molecule has 2 nitrogen and oxygen atoms in total. The third-order valence-corrected chi connectivity index (χ3v) is 4.74. The molecule has 0 aliphatic carbocycles. The van der Waals surface area contributed by atoms with Crippen LogP contribution in [0.5, 0.6) is 0 Å². The number of carbonyl (C=O) groups is 1. The Labute approximate surface area is 157 Å². The molecule has 0 aromatic heterocycles. The number of rotatable bonds is 17. The van der Waals surface area contributed by atoms with Gasteiger partial charge in [-0.3, -0.25) is 4.79 Å². The lowest BCUT2D eigenvalue weighted by Gasteiger charge is -2.13. The predicted molar refractivity (Wildman–Crippen MR) is 112 cm³/mol. The van der Waals surface area contributed by atoms with E-state index in [0.717, 1.165) is 25.8 Å². The molecule has 0 bridgehead atoms. The third kappa shape index (κ3) is 17.6. The van der Waals surface area contributed by atoms with E-state index < -0.39 is 0 Å². The van der Waals surface area contributed by atoms with Crippen molar-refractivity contribution >= 4 is 5.91 Å². The topological polar surface area (TPSA) is 20.3 Å². The summed E-state index contributed by atoms with van der Waals surface area (Å²) in [5.41, 5.74) is 0. The Morgan fingerprint density at radius 2 is 1.24 bits per heavy atom. The van der Waals surface area contributed by atoms with E-state index in [1.54, 1.807) is 0 Å². The number of hydrogen-bond donors (Lipinski definition) is 0. The van der Waals surface area contributed by atoms with Gasteiger partial charge in [0.1, 0.15) is 0 Å². The Kier molecular flexibility index (Phi) is 18.5. The minimum absolute atomic E-state index is 0.296. The van der Waals surface area contributed by atoms with E-state index in [9.17, 15) is 4.79 Å². The number of carbonyl (C=O) groups excluding carboxylic acids is 1. The van der Waals surface area contributed by atoms with Crippen LogP contribution in [0.4, 0.5) is 0 Å². The van der Waals surface area contributed by atoms with Crippen molar-refractivity contribution in [3.8, 4) is 0 Å². The average Bonchev–Trinajstić information content (AvgIpc) is 2.63. The van der Waals surface area contributed by atoms with Gasteiger partial charge >= 0.3 is 0 Å². The summed E-state index contributed by atoms with van der Waals surface area (Å²) >= 11 is 0. The summed E-state index contributed by atoms with van der Waals surface area (Å²) in [5.74, 6) is 0.296. The van der Waals surface area contributed by atoms with Crippen molar-refractivity contribution in [3.63, 3.8) is 0 Å². The lowest BCUT2D eigenvalue weighted by molar-refractivity contribution is -0.129. The van der Waals surface area contributed by atoms with Crippen molar-refractivity contribution in [3.05, 3.63) is 24.3 Å². The number of allylic oxidation sites excluding steroid dienone is 4. The van der Waals surface area contributed by atoms with E-state index in [1.807, 2.05) is 18.9 Å². The SMILES string of the molecule is CCCCC/C=C\C/C=C\CCCCCCCCCC(=O)N(C)CC. The molecular formula is C23H43NO. The highest BCUT2D eigenvalue weighted by molar-refractivity contribution is 5.75. The molecule has 0 heterocycles. The van der Waals surface area contributed by atoms with E-state index in [0.29, 0.717) is 5.91 Å². The first kappa shape index (κ1) is 23.9. The van der Waals surface area contributed by atoms with Crippen LogP contribution in [0, 0.1) is 0 Å². The van der Waals surface area contributed by atoms with Crippen molar-refractivity contribution in [2.75, 3.05) is 13.6 Å². The molecular weight excluding hydrogens is 306 g/mol. The monoisotopic (exact) mass is 349 g/mol. The molecule has 0 aliphatic rings. The lowest BCUT2D eigenvalue weighted by atomic mass is 10.1. The highest BCUT2D eigenvalue weighted by Gasteiger charge is 2.04. The summed E-state index contributed by atoms with van der Waals surface area (Å²) in [6, 6.07) is 0. The lowest BCUT2D eigenvalue weighted by Crippen LogP contribution is -2.25. The number of amides is 1. The molecule has 25 heavy (non-hydrogen) atoms. The first-order valence-corrected chi connectivity index (χ1v) is 10.8. The normalized spacial score (nSPS) is 11.6. The van der Waals surface area contributed by atoms with Gasteiger partial charge in [-0.25, -0.2) is 0 Å². The maximum Gasteiger partial charge on any atom is 0.222 e. The predicted octanol–water partition coefficient (Wildman–Crippen LogP) is 7.06. The smallest absolute Gasteiger partial charge is 0.222 e. The second-order valence-corrected chi connectivity index (χ2v) is 7.10. The summed E-state index contributed by atoms with van der Waals surface area (Å²) < 4.78 is 0. The minimum Gasteiger partial charge on any atom is -0.346 e. The number of unbranched alkanes of at least 4 members (excludes halogenated alkanes) is 10. The third-order valence-electron chi connectivity index (χ3n) is 4.74. The van der Waals surface area contributed by atoms with Gasteiger partial charge in [-0.2, -0.15) is 0 Å². The second-order valence-electron chi connectivity index (χ2n) is 7.10. The molecule has 2 heteroatoms. The highest BCUT2D eigenvalue weighted by atomic mass is 16.2. The van der Waals surface area contributed by atoms with Crippen molar-refractivity contribution in [2.45, 2.75) is 104 Å². The van der Waals surface area contributed by atoms with Crippen LogP contribution in [0.25, 0.3) is 0 Å². The van der Waals surface area contributed by atoms with Crippen LogP contribution in [-0.2, 0) is 4.79 Å². The first-order chi connectivity index (χ1) is 12.2. The Hall–Kier alpha value is -1.05. The largest absolute Gasteiger partial charge is 0.346 e. The maximum absolute atomic E-state index is 11.6. The van der Waals surface area contributed by atoms with Crippen LogP contribution in [0.15, 0.2) is 24.3 Å². The summed E-state index contributed by atoms with van der Waals surface area (Å²) in [6.45, 7) is 5.10. The molecule has 0 unspecified atom stereocenters. The zero-order chi connectivity index (χ0) is 18.6.